The van der Waals surface area contributed by atoms with Crippen molar-refractivity contribution in [3.8, 4) is 0 Å². The fourth-order valence-electron chi connectivity index (χ4n) is 3.96. The highest BCUT2D eigenvalue weighted by Gasteiger charge is 2.67. The molecule has 2 atom stereocenters. The molecule has 1 unspecified atom stereocenters. The van der Waals surface area contributed by atoms with Crippen LogP contribution in [0.25, 0.3) is 0 Å². The molecule has 3 aromatic rings. The second-order valence-electron chi connectivity index (χ2n) is 8.80. The number of amides is 3. The minimum atomic E-state index is -5.47. The number of hydrogen-bond donors (Lipinski definition) is 3. The topological polar surface area (TPSA) is 87.3 Å². The fourth-order valence-corrected chi connectivity index (χ4v) is 5.29. The molecule has 42 heavy (non-hydrogen) atoms. The van der Waals surface area contributed by atoms with Crippen LogP contribution in [0.1, 0.15) is 21.8 Å². The number of hydrogen-bond acceptors (Lipinski definition) is 3. The molecule has 1 fully saturated rings. The largest absolute Gasteiger partial charge is 0.471 e. The van der Waals surface area contributed by atoms with Crippen LogP contribution in [0.15, 0.2) is 42.5 Å². The maximum Gasteiger partial charge on any atom is 0.471 e. The molecule has 3 amide bonds. The van der Waals surface area contributed by atoms with Gasteiger partial charge in [-0.2, -0.15) is 13.2 Å². The minimum Gasteiger partial charge on any atom is -0.326 e. The Kier molecular flexibility index (Phi) is 8.88. The number of nitrogens with one attached hydrogen (secondary N) is 3. The maximum absolute atomic E-state index is 14.7. The average Bonchev–Trinajstić information content (AvgIpc) is 3.48. The van der Waals surface area contributed by atoms with E-state index in [4.69, 9.17) is 58.0 Å². The number of anilines is 3. The minimum absolute atomic E-state index is 0.187. The predicted octanol–water partition coefficient (Wildman–Crippen LogP) is 8.34. The first-order valence-corrected chi connectivity index (χ1v) is 13.1. The lowest BCUT2D eigenvalue weighted by molar-refractivity contribution is -0.167. The summed E-state index contributed by atoms with van der Waals surface area (Å²) in [6.45, 7) is 0. The summed E-state index contributed by atoms with van der Waals surface area (Å²) in [6, 6.07) is 7.29. The van der Waals surface area contributed by atoms with Crippen LogP contribution < -0.4 is 16.0 Å². The third-order valence-corrected chi connectivity index (χ3v) is 8.08. The van der Waals surface area contributed by atoms with E-state index in [1.807, 2.05) is 5.32 Å². The molecule has 222 valence electrons. The second-order valence-corrected chi connectivity index (χ2v) is 11.4. The molecule has 0 aromatic heterocycles. The van der Waals surface area contributed by atoms with E-state index >= 15 is 0 Å². The average molecular weight is 694 g/mol. The number of carbonyl (C=O) groups excluding carboxylic acids is 3. The quantitative estimate of drug-likeness (QED) is 0.179. The van der Waals surface area contributed by atoms with E-state index in [9.17, 15) is 40.7 Å². The molecular weight excluding hydrogens is 682 g/mol. The molecule has 0 saturated heterocycles. The number of benzene rings is 3. The first kappa shape index (κ1) is 32.0. The first-order valence-electron chi connectivity index (χ1n) is 11.2. The highest BCUT2D eigenvalue weighted by atomic mass is 35.5. The van der Waals surface area contributed by atoms with Crippen molar-refractivity contribution in [2.24, 2.45) is 5.92 Å². The normalized spacial score (nSPS) is 17.4. The molecule has 1 aliphatic carbocycles. The molecule has 0 heterocycles. The van der Waals surface area contributed by atoms with Crippen LogP contribution in [0.2, 0.25) is 15.1 Å². The van der Waals surface area contributed by atoms with Crippen molar-refractivity contribution in [2.75, 3.05) is 16.0 Å². The summed E-state index contributed by atoms with van der Waals surface area (Å²) in [4.78, 5) is 36.9. The summed E-state index contributed by atoms with van der Waals surface area (Å²) in [5.41, 5.74) is -2.85. The molecule has 4 rings (SSSR count). The van der Waals surface area contributed by atoms with Crippen LogP contribution in [0.5, 0.6) is 0 Å². The summed E-state index contributed by atoms with van der Waals surface area (Å²) in [7, 11) is 0. The van der Waals surface area contributed by atoms with E-state index in [2.05, 4.69) is 5.32 Å². The van der Waals surface area contributed by atoms with Crippen LogP contribution in [-0.4, -0.2) is 28.2 Å². The van der Waals surface area contributed by atoms with E-state index in [0.29, 0.717) is 17.7 Å². The Morgan fingerprint density at radius 2 is 1.48 bits per heavy atom. The summed E-state index contributed by atoms with van der Waals surface area (Å²) >= 11 is 30.4. The van der Waals surface area contributed by atoms with Gasteiger partial charge in [0.2, 0.25) is 5.91 Å². The van der Waals surface area contributed by atoms with Crippen molar-refractivity contribution in [3.63, 3.8) is 0 Å². The van der Waals surface area contributed by atoms with Crippen molar-refractivity contribution in [1.82, 2.24) is 0 Å². The second kappa shape index (κ2) is 11.6. The number of carbonyl (C=O) groups is 3. The maximum atomic E-state index is 14.7. The van der Waals surface area contributed by atoms with Gasteiger partial charge in [-0.05, 0) is 42.0 Å². The van der Waals surface area contributed by atoms with Gasteiger partial charge in [0.15, 0.2) is 5.82 Å². The highest BCUT2D eigenvalue weighted by Crippen LogP contribution is 2.65. The molecule has 3 aromatic carbocycles. The van der Waals surface area contributed by atoms with Gasteiger partial charge in [-0.15, -0.1) is 23.2 Å². The molecule has 3 N–H and O–H groups in total. The van der Waals surface area contributed by atoms with Gasteiger partial charge >= 0.3 is 12.1 Å². The Bertz CT molecular complexity index is 1640. The van der Waals surface area contributed by atoms with E-state index < -0.39 is 79.5 Å². The van der Waals surface area contributed by atoms with Gasteiger partial charge in [0.05, 0.1) is 32.2 Å². The lowest BCUT2D eigenvalue weighted by atomic mass is 10.1. The molecule has 0 radical (unpaired) electrons. The molecule has 0 spiro atoms. The van der Waals surface area contributed by atoms with E-state index in [1.165, 1.54) is 12.1 Å². The van der Waals surface area contributed by atoms with Crippen molar-refractivity contribution in [2.45, 2.75) is 16.4 Å². The van der Waals surface area contributed by atoms with Gasteiger partial charge in [0, 0.05) is 11.6 Å². The number of alkyl halides is 5. The first-order chi connectivity index (χ1) is 19.4. The third-order valence-electron chi connectivity index (χ3n) is 6.01. The molecule has 1 aliphatic rings. The van der Waals surface area contributed by atoms with Crippen LogP contribution >= 0.6 is 58.0 Å². The van der Waals surface area contributed by atoms with Crippen molar-refractivity contribution in [3.05, 3.63) is 86.1 Å². The highest BCUT2D eigenvalue weighted by molar-refractivity contribution is 6.53. The van der Waals surface area contributed by atoms with Gasteiger partial charge in [-0.1, -0.05) is 40.9 Å². The summed E-state index contributed by atoms with van der Waals surface area (Å²) in [5.74, 6) is -11.1. The molecular formula is C25H12Cl5F6N3O3. The van der Waals surface area contributed by atoms with Gasteiger partial charge in [0.25, 0.3) is 5.91 Å². The van der Waals surface area contributed by atoms with Crippen molar-refractivity contribution >= 4 is 92.8 Å². The van der Waals surface area contributed by atoms with E-state index in [-0.39, 0.29) is 15.7 Å². The standard InChI is InChI=1S/C25H12Cl5F6N3O3/c26-11-2-1-8(5-12(11)27)16-17(24(16,29)30)22(41)37-9-6-10(18(28)14(32)7-9)21(40)38-15-4-3-13(31)20(19(15)33)39-23(42)25(34,35)36/h1-7,16-17H,(H,37,41)(H,38,40)(H,39,42)/t16-,17?/m0/s1. The van der Waals surface area contributed by atoms with Crippen LogP contribution in [0.3, 0.4) is 0 Å². The fraction of sp³-hybridized carbons (Fsp3) is 0.160. The molecule has 1 saturated carbocycles. The number of rotatable bonds is 6. The molecule has 6 nitrogen and oxygen atoms in total. The van der Waals surface area contributed by atoms with Crippen molar-refractivity contribution in [1.29, 1.82) is 0 Å². The molecule has 17 heteroatoms. The molecule has 0 aliphatic heterocycles. The number of halogens is 11. The van der Waals surface area contributed by atoms with Gasteiger partial charge in [0.1, 0.15) is 21.7 Å². The van der Waals surface area contributed by atoms with E-state index in [0.717, 1.165) is 17.4 Å². The molecule has 0 bridgehead atoms. The summed E-state index contributed by atoms with van der Waals surface area (Å²) in [5, 5.41) is 4.95. The summed E-state index contributed by atoms with van der Waals surface area (Å²) in [6.07, 6.45) is -5.47. The van der Waals surface area contributed by atoms with Crippen LogP contribution in [0.4, 0.5) is 43.4 Å². The lowest BCUT2D eigenvalue weighted by Crippen LogP contribution is -2.31. The SMILES string of the molecule is O=C(Nc1ccc(F)c(NC(=O)C(F)(F)F)c1F)c1cc(NC(=O)C2[C@H](c3ccc(Cl)c(Cl)c3)C2(Cl)Cl)cc(F)c1Cl. The van der Waals surface area contributed by atoms with E-state index in [1.54, 1.807) is 6.07 Å². The zero-order valence-electron chi connectivity index (χ0n) is 20.1. The predicted molar refractivity (Wildman–Crippen MR) is 146 cm³/mol. The Labute approximate surface area is 257 Å². The monoisotopic (exact) mass is 691 g/mol. The zero-order valence-corrected chi connectivity index (χ0v) is 23.9. The van der Waals surface area contributed by atoms with Crippen molar-refractivity contribution < 1.29 is 40.7 Å². The Morgan fingerprint density at radius 1 is 0.810 bits per heavy atom. The third kappa shape index (κ3) is 6.37. The van der Waals surface area contributed by atoms with Gasteiger partial charge < -0.3 is 16.0 Å². The van der Waals surface area contributed by atoms with Gasteiger partial charge in [-0.3, -0.25) is 14.4 Å². The Hall–Kier alpha value is -2.90. The van der Waals surface area contributed by atoms with Crippen LogP contribution in [-0.2, 0) is 9.59 Å². The smallest absolute Gasteiger partial charge is 0.326 e. The Balaban J connectivity index is 1.56. The lowest BCUT2D eigenvalue weighted by Gasteiger charge is -2.14. The van der Waals surface area contributed by atoms with Gasteiger partial charge in [-0.25, -0.2) is 13.2 Å². The zero-order chi connectivity index (χ0) is 31.3. The Morgan fingerprint density at radius 3 is 2.10 bits per heavy atom. The van der Waals surface area contributed by atoms with Crippen LogP contribution in [0, 0.1) is 23.4 Å². The summed E-state index contributed by atoms with van der Waals surface area (Å²) < 4.78 is 79.4.